The van der Waals surface area contributed by atoms with Gasteiger partial charge in [-0.3, -0.25) is 0 Å². The molecule has 0 spiro atoms. The molecule has 5 heteroatoms. The first kappa shape index (κ1) is 17.9. The molecule has 0 aromatic heterocycles. The predicted octanol–water partition coefficient (Wildman–Crippen LogP) is 3.23. The van der Waals surface area contributed by atoms with E-state index in [9.17, 15) is 14.3 Å². The van der Waals surface area contributed by atoms with Crippen molar-refractivity contribution < 1.29 is 14.3 Å². The van der Waals surface area contributed by atoms with E-state index in [2.05, 4.69) is 10.6 Å². The third-order valence-electron chi connectivity index (χ3n) is 4.11. The Hall–Kier alpha value is -2.40. The molecule has 2 aromatic rings. The van der Waals surface area contributed by atoms with Crippen LogP contribution >= 0.6 is 0 Å². The molecule has 0 bridgehead atoms. The molecular weight excluding hydrogens is 307 g/mol. The lowest BCUT2D eigenvalue weighted by atomic mass is 9.99. The first-order chi connectivity index (χ1) is 11.5. The predicted molar refractivity (Wildman–Crippen MR) is 92.1 cm³/mol. The van der Waals surface area contributed by atoms with Crippen molar-refractivity contribution in [3.8, 4) is 0 Å². The highest BCUT2D eigenvalue weighted by Gasteiger charge is 2.19. The van der Waals surface area contributed by atoms with Crippen LogP contribution in [0.4, 0.5) is 9.18 Å². The number of urea groups is 1. The minimum Gasteiger partial charge on any atom is -0.396 e. The van der Waals surface area contributed by atoms with Gasteiger partial charge in [-0.25, -0.2) is 9.18 Å². The van der Waals surface area contributed by atoms with Crippen LogP contribution in [0.3, 0.4) is 0 Å². The number of amides is 2. The van der Waals surface area contributed by atoms with E-state index in [4.69, 9.17) is 0 Å². The molecule has 3 N–H and O–H groups in total. The Morgan fingerprint density at radius 3 is 2.17 bits per heavy atom. The highest BCUT2D eigenvalue weighted by molar-refractivity contribution is 5.75. The van der Waals surface area contributed by atoms with E-state index in [1.165, 1.54) is 12.1 Å². The molecule has 0 saturated heterocycles. The van der Waals surface area contributed by atoms with Gasteiger partial charge < -0.3 is 15.7 Å². The summed E-state index contributed by atoms with van der Waals surface area (Å²) in [5.74, 6) is -0.364. The zero-order valence-corrected chi connectivity index (χ0v) is 13.9. The van der Waals surface area contributed by atoms with Crippen molar-refractivity contribution in [2.75, 3.05) is 6.61 Å². The maximum atomic E-state index is 13.2. The smallest absolute Gasteiger partial charge is 0.315 e. The topological polar surface area (TPSA) is 61.4 Å². The van der Waals surface area contributed by atoms with Crippen LogP contribution in [0.25, 0.3) is 0 Å². The minimum absolute atomic E-state index is 0.00151. The van der Waals surface area contributed by atoms with Crippen molar-refractivity contribution in [3.63, 3.8) is 0 Å². The molecule has 0 aliphatic carbocycles. The van der Waals surface area contributed by atoms with E-state index in [-0.39, 0.29) is 36.5 Å². The fraction of sp³-hybridized carbons (Fsp3) is 0.316. The molecule has 0 heterocycles. The molecule has 128 valence electrons. The van der Waals surface area contributed by atoms with Crippen LogP contribution in [0.2, 0.25) is 0 Å². The van der Waals surface area contributed by atoms with Gasteiger partial charge in [0.05, 0.1) is 6.04 Å². The van der Waals surface area contributed by atoms with E-state index in [1.807, 2.05) is 44.2 Å². The molecule has 2 amide bonds. The molecule has 2 rings (SSSR count). The van der Waals surface area contributed by atoms with Crippen LogP contribution in [0.1, 0.15) is 31.0 Å². The van der Waals surface area contributed by atoms with Crippen LogP contribution in [-0.4, -0.2) is 23.8 Å². The van der Waals surface area contributed by atoms with Crippen LogP contribution in [0.5, 0.6) is 0 Å². The van der Waals surface area contributed by atoms with Gasteiger partial charge in [0.25, 0.3) is 0 Å². The number of rotatable bonds is 6. The summed E-state index contributed by atoms with van der Waals surface area (Å²) < 4.78 is 13.2. The summed E-state index contributed by atoms with van der Waals surface area (Å²) in [6, 6.07) is 14.7. The fourth-order valence-electron chi connectivity index (χ4n) is 2.34. The van der Waals surface area contributed by atoms with Gasteiger partial charge in [0.15, 0.2) is 0 Å². The molecule has 0 fully saturated rings. The summed E-state index contributed by atoms with van der Waals surface area (Å²) in [6.07, 6.45) is 0. The second kappa shape index (κ2) is 8.45. The minimum atomic E-state index is -0.386. The van der Waals surface area contributed by atoms with E-state index < -0.39 is 0 Å². The Morgan fingerprint density at radius 1 is 1.00 bits per heavy atom. The van der Waals surface area contributed by atoms with Crippen molar-refractivity contribution in [2.24, 2.45) is 5.92 Å². The summed E-state index contributed by atoms with van der Waals surface area (Å²) in [5, 5.41) is 14.9. The van der Waals surface area contributed by atoms with E-state index in [0.29, 0.717) is 0 Å². The lowest BCUT2D eigenvalue weighted by Gasteiger charge is -2.24. The number of aliphatic hydroxyl groups excluding tert-OH is 1. The maximum absolute atomic E-state index is 13.2. The van der Waals surface area contributed by atoms with Crippen molar-refractivity contribution in [1.82, 2.24) is 10.6 Å². The van der Waals surface area contributed by atoms with Crippen molar-refractivity contribution in [3.05, 3.63) is 71.5 Å². The van der Waals surface area contributed by atoms with E-state index in [0.717, 1.165) is 11.1 Å². The van der Waals surface area contributed by atoms with Gasteiger partial charge in [-0.2, -0.15) is 0 Å². The molecule has 2 aromatic carbocycles. The lowest BCUT2D eigenvalue weighted by molar-refractivity contribution is 0.199. The molecule has 3 unspecified atom stereocenters. The summed E-state index contributed by atoms with van der Waals surface area (Å²) in [5.41, 5.74) is 1.70. The highest BCUT2D eigenvalue weighted by atomic mass is 19.1. The normalized spacial score (nSPS) is 14.5. The fourth-order valence-corrected chi connectivity index (χ4v) is 2.34. The molecule has 0 aliphatic heterocycles. The Labute approximate surface area is 141 Å². The van der Waals surface area contributed by atoms with Gasteiger partial charge in [0, 0.05) is 12.6 Å². The first-order valence-electron chi connectivity index (χ1n) is 7.99. The van der Waals surface area contributed by atoms with Gasteiger partial charge in [-0.1, -0.05) is 49.4 Å². The molecule has 24 heavy (non-hydrogen) atoms. The second-order valence-electron chi connectivity index (χ2n) is 5.96. The van der Waals surface area contributed by atoms with Gasteiger partial charge in [0.1, 0.15) is 5.82 Å². The van der Waals surface area contributed by atoms with Crippen LogP contribution in [-0.2, 0) is 0 Å². The zero-order valence-electron chi connectivity index (χ0n) is 13.9. The number of halogens is 1. The Morgan fingerprint density at radius 2 is 1.58 bits per heavy atom. The van der Waals surface area contributed by atoms with Crippen molar-refractivity contribution in [1.29, 1.82) is 0 Å². The summed E-state index contributed by atoms with van der Waals surface area (Å²) in [4.78, 5) is 12.3. The average Bonchev–Trinajstić information content (AvgIpc) is 2.60. The number of nitrogens with one attached hydrogen (secondary N) is 2. The molecule has 0 aliphatic rings. The number of carbonyl (C=O) groups excluding carboxylic acids is 1. The third kappa shape index (κ3) is 4.80. The van der Waals surface area contributed by atoms with Gasteiger partial charge >= 0.3 is 6.03 Å². The first-order valence-corrected chi connectivity index (χ1v) is 7.99. The molecule has 4 nitrogen and oxygen atoms in total. The van der Waals surface area contributed by atoms with Crippen LogP contribution in [0.15, 0.2) is 54.6 Å². The maximum Gasteiger partial charge on any atom is 0.315 e. The zero-order chi connectivity index (χ0) is 17.5. The van der Waals surface area contributed by atoms with Crippen LogP contribution < -0.4 is 10.6 Å². The van der Waals surface area contributed by atoms with E-state index >= 15 is 0 Å². The number of benzene rings is 2. The molecule has 3 atom stereocenters. The standard InChI is InChI=1S/C19H23FN2O2/c1-13(12-23)14(2)21-19(24)22-18(15-6-4-3-5-7-15)16-8-10-17(20)11-9-16/h3-11,13-14,18,23H,12H2,1-2H3,(H2,21,22,24). The summed E-state index contributed by atoms with van der Waals surface area (Å²) in [7, 11) is 0. The monoisotopic (exact) mass is 330 g/mol. The number of hydrogen-bond donors (Lipinski definition) is 3. The van der Waals surface area contributed by atoms with Gasteiger partial charge in [-0.05, 0) is 36.1 Å². The largest absolute Gasteiger partial charge is 0.396 e. The van der Waals surface area contributed by atoms with Crippen LogP contribution in [0, 0.1) is 11.7 Å². The SMILES string of the molecule is CC(CO)C(C)NC(=O)NC(c1ccccc1)c1ccc(F)cc1. The Bertz CT molecular complexity index is 646. The summed E-state index contributed by atoms with van der Waals surface area (Å²) in [6.45, 7) is 3.71. The third-order valence-corrected chi connectivity index (χ3v) is 4.11. The van der Waals surface area contributed by atoms with Crippen molar-refractivity contribution >= 4 is 6.03 Å². The number of hydrogen-bond acceptors (Lipinski definition) is 2. The Kier molecular flexibility index (Phi) is 6.32. The van der Waals surface area contributed by atoms with Crippen molar-refractivity contribution in [2.45, 2.75) is 25.9 Å². The van der Waals surface area contributed by atoms with Gasteiger partial charge in [-0.15, -0.1) is 0 Å². The quantitative estimate of drug-likeness (QED) is 0.761. The molecular formula is C19H23FN2O2. The number of aliphatic hydroxyl groups is 1. The summed E-state index contributed by atoms with van der Waals surface area (Å²) >= 11 is 0. The van der Waals surface area contributed by atoms with E-state index in [1.54, 1.807) is 12.1 Å². The second-order valence-corrected chi connectivity index (χ2v) is 5.96. The highest BCUT2D eigenvalue weighted by Crippen LogP contribution is 2.22. The van der Waals surface area contributed by atoms with Gasteiger partial charge in [0.2, 0.25) is 0 Å². The average molecular weight is 330 g/mol. The molecule has 0 radical (unpaired) electrons. The molecule has 0 saturated carbocycles. The lowest BCUT2D eigenvalue weighted by Crippen LogP contribution is -2.45. The number of carbonyl (C=O) groups is 1. The Balaban J connectivity index is 2.18.